The van der Waals surface area contributed by atoms with Gasteiger partial charge < -0.3 is 9.59 Å². The first-order chi connectivity index (χ1) is 11.8. The highest BCUT2D eigenvalue weighted by molar-refractivity contribution is 5.66. The van der Waals surface area contributed by atoms with E-state index in [1.54, 1.807) is 0 Å². The number of carbonyl (C=O) groups is 1. The van der Waals surface area contributed by atoms with Gasteiger partial charge in [-0.3, -0.25) is 4.79 Å². The number of hydrogen-bond acceptors (Lipinski definition) is 1. The van der Waals surface area contributed by atoms with Crippen molar-refractivity contribution in [3.05, 3.63) is 12.2 Å². The molecule has 0 aromatic carbocycles. The minimum absolute atomic E-state index is 0.332. The number of allylic oxidation sites excluding steroid dienone is 2. The third kappa shape index (κ3) is 39.7. The van der Waals surface area contributed by atoms with Crippen molar-refractivity contribution in [3.63, 3.8) is 0 Å². The van der Waals surface area contributed by atoms with Gasteiger partial charge >= 0.3 is 5.97 Å². The van der Waals surface area contributed by atoms with E-state index in [1.165, 1.54) is 70.6 Å². The zero-order valence-corrected chi connectivity index (χ0v) is 17.9. The zero-order chi connectivity index (χ0) is 19.4. The quantitative estimate of drug-likeness (QED) is 0.208. The van der Waals surface area contributed by atoms with Crippen molar-refractivity contribution < 1.29 is 14.4 Å². The fourth-order valence-corrected chi connectivity index (χ4v) is 2.35. The second kappa shape index (κ2) is 19.5. The van der Waals surface area contributed by atoms with Crippen molar-refractivity contribution in [1.82, 2.24) is 0 Å². The topological polar surface area (TPSA) is 37.3 Å². The Labute approximate surface area is 158 Å². The lowest BCUT2D eigenvalue weighted by Gasteiger charge is -2.14. The Morgan fingerprint density at radius 3 is 1.48 bits per heavy atom. The molecule has 0 unspecified atom stereocenters. The largest absolute Gasteiger partial charge is 0.481 e. The molecule has 0 saturated heterocycles. The zero-order valence-electron chi connectivity index (χ0n) is 17.9. The molecule has 0 amide bonds. The van der Waals surface area contributed by atoms with E-state index >= 15 is 0 Å². The molecule has 150 valence electrons. The number of quaternary nitrogens is 1. The third-order valence-corrected chi connectivity index (χ3v) is 3.65. The van der Waals surface area contributed by atoms with Gasteiger partial charge in [-0.15, -0.1) is 0 Å². The summed E-state index contributed by atoms with van der Waals surface area (Å²) in [6.45, 7) is 2.26. The molecule has 0 aliphatic carbocycles. The van der Waals surface area contributed by atoms with E-state index in [9.17, 15) is 4.79 Å². The summed E-state index contributed by atoms with van der Waals surface area (Å²) < 4.78 is 1.00. The SMILES string of the molecule is CCCCCCCC/C=C\CCCCCCCC(=O)O.C[N+](C)(C)C. The molecule has 0 spiro atoms. The monoisotopic (exact) mass is 356 g/mol. The van der Waals surface area contributed by atoms with E-state index in [-0.39, 0.29) is 0 Å². The molecule has 0 heterocycles. The summed E-state index contributed by atoms with van der Waals surface area (Å²) in [5, 5.41) is 8.51. The number of rotatable bonds is 15. The fourth-order valence-electron chi connectivity index (χ4n) is 2.35. The Hall–Kier alpha value is -0.830. The number of nitrogens with zero attached hydrogens (tertiary/aromatic N) is 1. The van der Waals surface area contributed by atoms with E-state index in [0.717, 1.165) is 17.3 Å². The standard InChI is InChI=1S/C18H34O2.C4H12N/c1-2-3-4-5-6-7-8-9-10-11-12-13-14-15-16-17-18(19)20;1-5(2,3)4/h9-10H,2-8,11-17H2,1H3,(H,19,20);1-4H3/q;+1/b10-9-;. The van der Waals surface area contributed by atoms with E-state index in [0.29, 0.717) is 6.42 Å². The summed E-state index contributed by atoms with van der Waals surface area (Å²) in [5.41, 5.74) is 0. The van der Waals surface area contributed by atoms with Crippen LogP contribution in [-0.4, -0.2) is 43.7 Å². The first kappa shape index (κ1) is 26.4. The van der Waals surface area contributed by atoms with Crippen molar-refractivity contribution in [2.75, 3.05) is 28.2 Å². The molecule has 0 aromatic heterocycles. The second-order valence-electron chi connectivity index (χ2n) is 8.41. The molecule has 0 atom stereocenters. The first-order valence-electron chi connectivity index (χ1n) is 10.4. The summed E-state index contributed by atoms with van der Waals surface area (Å²) in [6, 6.07) is 0. The van der Waals surface area contributed by atoms with Gasteiger partial charge in [-0.1, -0.05) is 70.4 Å². The Morgan fingerprint density at radius 1 is 0.720 bits per heavy atom. The highest BCUT2D eigenvalue weighted by Gasteiger charge is 1.95. The number of carboxylic acid groups (broad SMARTS) is 1. The molecule has 0 saturated carbocycles. The van der Waals surface area contributed by atoms with Gasteiger partial charge in [-0.25, -0.2) is 0 Å². The maximum absolute atomic E-state index is 10.3. The van der Waals surface area contributed by atoms with Crippen molar-refractivity contribution >= 4 is 5.97 Å². The predicted molar refractivity (Wildman–Crippen MR) is 111 cm³/mol. The van der Waals surface area contributed by atoms with Gasteiger partial charge in [-0.05, 0) is 32.1 Å². The second-order valence-corrected chi connectivity index (χ2v) is 8.41. The van der Waals surface area contributed by atoms with Crippen LogP contribution in [0.3, 0.4) is 0 Å². The lowest BCUT2D eigenvalue weighted by atomic mass is 10.1. The Kier molecular flexibility index (Phi) is 20.6. The van der Waals surface area contributed by atoms with E-state index < -0.39 is 5.97 Å². The third-order valence-electron chi connectivity index (χ3n) is 3.65. The summed E-state index contributed by atoms with van der Waals surface area (Å²) in [5.74, 6) is -0.664. The van der Waals surface area contributed by atoms with Crippen LogP contribution in [0.25, 0.3) is 0 Å². The molecule has 25 heavy (non-hydrogen) atoms. The van der Waals surface area contributed by atoms with Crippen LogP contribution in [0.5, 0.6) is 0 Å². The van der Waals surface area contributed by atoms with Crippen LogP contribution >= 0.6 is 0 Å². The van der Waals surface area contributed by atoms with Crippen LogP contribution in [-0.2, 0) is 4.79 Å². The van der Waals surface area contributed by atoms with Gasteiger partial charge in [-0.2, -0.15) is 0 Å². The summed E-state index contributed by atoms with van der Waals surface area (Å²) >= 11 is 0. The minimum atomic E-state index is -0.664. The van der Waals surface area contributed by atoms with Gasteiger partial charge in [0.15, 0.2) is 0 Å². The Bertz CT molecular complexity index is 300. The maximum Gasteiger partial charge on any atom is 0.303 e. The van der Waals surface area contributed by atoms with Crippen LogP contribution in [0, 0.1) is 0 Å². The average molecular weight is 357 g/mol. The minimum Gasteiger partial charge on any atom is -0.481 e. The summed E-state index contributed by atoms with van der Waals surface area (Å²) in [4.78, 5) is 10.3. The fraction of sp³-hybridized carbons (Fsp3) is 0.864. The van der Waals surface area contributed by atoms with Gasteiger partial charge in [0.2, 0.25) is 0 Å². The molecule has 0 aliphatic heterocycles. The average Bonchev–Trinajstić information content (AvgIpc) is 2.49. The molecule has 3 heteroatoms. The molecule has 0 radical (unpaired) electrons. The van der Waals surface area contributed by atoms with Crippen LogP contribution in [0.2, 0.25) is 0 Å². The summed E-state index contributed by atoms with van der Waals surface area (Å²) in [7, 11) is 8.50. The highest BCUT2D eigenvalue weighted by Crippen LogP contribution is 2.09. The van der Waals surface area contributed by atoms with Crippen LogP contribution in [0.1, 0.15) is 96.8 Å². The molecular weight excluding hydrogens is 310 g/mol. The van der Waals surface area contributed by atoms with Gasteiger partial charge in [0.1, 0.15) is 0 Å². The van der Waals surface area contributed by atoms with Gasteiger partial charge in [0, 0.05) is 6.42 Å². The van der Waals surface area contributed by atoms with Gasteiger partial charge in [0.05, 0.1) is 28.2 Å². The number of carboxylic acids is 1. The van der Waals surface area contributed by atoms with Crippen LogP contribution in [0.15, 0.2) is 12.2 Å². The predicted octanol–water partition coefficient (Wildman–Crippen LogP) is 6.43. The van der Waals surface area contributed by atoms with Crippen molar-refractivity contribution in [1.29, 1.82) is 0 Å². The van der Waals surface area contributed by atoms with E-state index in [2.05, 4.69) is 47.3 Å². The normalized spacial score (nSPS) is 11.4. The first-order valence-corrected chi connectivity index (χ1v) is 10.4. The molecule has 1 N–H and O–H groups in total. The number of hydrogen-bond donors (Lipinski definition) is 1. The molecule has 3 nitrogen and oxygen atoms in total. The van der Waals surface area contributed by atoms with Gasteiger partial charge in [0.25, 0.3) is 0 Å². The summed E-state index contributed by atoms with van der Waals surface area (Å²) in [6.07, 6.45) is 21.2. The molecular formula is C22H46NO2+. The lowest BCUT2D eigenvalue weighted by molar-refractivity contribution is -0.849. The molecule has 0 bridgehead atoms. The molecule has 0 aromatic rings. The molecule has 0 aliphatic rings. The van der Waals surface area contributed by atoms with Crippen molar-refractivity contribution in [2.24, 2.45) is 0 Å². The van der Waals surface area contributed by atoms with E-state index in [4.69, 9.17) is 5.11 Å². The maximum atomic E-state index is 10.3. The van der Waals surface area contributed by atoms with Crippen LogP contribution < -0.4 is 0 Å². The molecule has 0 rings (SSSR count). The number of aliphatic carboxylic acids is 1. The Balaban J connectivity index is 0. The van der Waals surface area contributed by atoms with E-state index in [1.807, 2.05) is 0 Å². The lowest BCUT2D eigenvalue weighted by Crippen LogP contribution is -2.27. The molecule has 0 fully saturated rings. The highest BCUT2D eigenvalue weighted by atomic mass is 16.4. The Morgan fingerprint density at radius 2 is 1.08 bits per heavy atom. The smallest absolute Gasteiger partial charge is 0.303 e. The number of unbranched alkanes of at least 4 members (excludes halogenated alkanes) is 11. The van der Waals surface area contributed by atoms with Crippen molar-refractivity contribution in [2.45, 2.75) is 96.8 Å². The van der Waals surface area contributed by atoms with Crippen molar-refractivity contribution in [3.8, 4) is 0 Å². The van der Waals surface area contributed by atoms with Crippen LogP contribution in [0.4, 0.5) is 0 Å².